The molecule has 72 valence electrons. The summed E-state index contributed by atoms with van der Waals surface area (Å²) in [6.45, 7) is 2.13. The van der Waals surface area contributed by atoms with Crippen LogP contribution in [0.1, 0.15) is 1.43 Å². The summed E-state index contributed by atoms with van der Waals surface area (Å²) >= 11 is 0. The van der Waals surface area contributed by atoms with Crippen LogP contribution in [0.2, 0.25) is 0 Å². The van der Waals surface area contributed by atoms with Crippen LogP contribution in [0.25, 0.3) is 0 Å². The van der Waals surface area contributed by atoms with Gasteiger partial charge in [-0.1, -0.05) is 0 Å². The second kappa shape index (κ2) is 3.34. The number of likely N-dealkylation sites (tertiary alicyclic amines) is 1. The van der Waals surface area contributed by atoms with Gasteiger partial charge in [0.1, 0.15) is 5.82 Å². The molecule has 0 saturated carbocycles. The number of nitrogens with zero attached hydrogens (tertiary/aromatic N) is 1. The third kappa shape index (κ3) is 1.98. The molecule has 0 amide bonds. The molecule has 1 aliphatic heterocycles. The Labute approximate surface area is 78.8 Å². The molecule has 0 spiro atoms. The lowest BCUT2D eigenvalue weighted by Crippen LogP contribution is -2.52. The zero-order chi connectivity index (χ0) is 9.26. The Hall–Kier alpha value is -1.09. The van der Waals surface area contributed by atoms with Gasteiger partial charge >= 0.3 is 0 Å². The van der Waals surface area contributed by atoms with Crippen LogP contribution in [0.15, 0.2) is 24.3 Å². The van der Waals surface area contributed by atoms with E-state index < -0.39 is 0 Å². The van der Waals surface area contributed by atoms with Crippen molar-refractivity contribution in [1.29, 1.82) is 0 Å². The van der Waals surface area contributed by atoms with Crippen LogP contribution in [0.5, 0.6) is 0 Å². The summed E-state index contributed by atoms with van der Waals surface area (Å²) < 4.78 is 12.5. The normalized spacial score (nSPS) is 18.3. The zero-order valence-electron chi connectivity index (χ0n) is 7.63. The van der Waals surface area contributed by atoms with Crippen LogP contribution in [0.4, 0.5) is 10.1 Å². The van der Waals surface area contributed by atoms with Crippen molar-refractivity contribution in [1.82, 2.24) is 4.90 Å². The second-order valence-corrected chi connectivity index (χ2v) is 3.57. The molecule has 0 radical (unpaired) electrons. The van der Waals surface area contributed by atoms with E-state index >= 15 is 0 Å². The van der Waals surface area contributed by atoms with Crippen LogP contribution in [0.3, 0.4) is 0 Å². The van der Waals surface area contributed by atoms with Crippen molar-refractivity contribution in [3.8, 4) is 0 Å². The average Bonchev–Trinajstić information content (AvgIpc) is 2.06. The fourth-order valence-corrected chi connectivity index (χ4v) is 1.57. The first-order chi connectivity index (χ1) is 6.24. The van der Waals surface area contributed by atoms with Crippen molar-refractivity contribution in [3.63, 3.8) is 0 Å². The molecular formula is C10H15FN2. The fraction of sp³-hybridized carbons (Fsp3) is 0.400. The lowest BCUT2D eigenvalue weighted by Gasteiger charge is -2.37. The Bertz CT molecular complexity index is 283. The summed E-state index contributed by atoms with van der Waals surface area (Å²) in [5.41, 5.74) is 1.000. The van der Waals surface area contributed by atoms with Gasteiger partial charge in [0.15, 0.2) is 0 Å². The number of nitrogens with one attached hydrogen (secondary N) is 1. The van der Waals surface area contributed by atoms with Crippen molar-refractivity contribution >= 4 is 5.69 Å². The maximum Gasteiger partial charge on any atom is 0.123 e. The molecule has 2 rings (SSSR count). The summed E-state index contributed by atoms with van der Waals surface area (Å²) in [5, 5.41) is 3.33. The highest BCUT2D eigenvalue weighted by molar-refractivity contribution is 5.44. The number of likely N-dealkylation sites (N-methyl/N-ethyl adjacent to an activating group) is 1. The number of halogens is 1. The number of hydrogen-bond acceptors (Lipinski definition) is 2. The van der Waals surface area contributed by atoms with Crippen LogP contribution in [-0.4, -0.2) is 31.1 Å². The second-order valence-electron chi connectivity index (χ2n) is 3.57. The number of anilines is 1. The van der Waals surface area contributed by atoms with E-state index in [4.69, 9.17) is 0 Å². The Kier molecular flexibility index (Phi) is 2.19. The van der Waals surface area contributed by atoms with E-state index in [0.29, 0.717) is 6.04 Å². The van der Waals surface area contributed by atoms with E-state index in [2.05, 4.69) is 17.3 Å². The first kappa shape index (κ1) is 8.51. The van der Waals surface area contributed by atoms with Gasteiger partial charge < -0.3 is 10.2 Å². The lowest BCUT2D eigenvalue weighted by molar-refractivity contribution is 0.205. The monoisotopic (exact) mass is 182 g/mol. The summed E-state index contributed by atoms with van der Waals surface area (Å²) in [7, 11) is 2.09. The van der Waals surface area contributed by atoms with E-state index in [1.54, 1.807) is 12.1 Å². The largest absolute Gasteiger partial charge is 0.380 e. The van der Waals surface area contributed by atoms with E-state index in [9.17, 15) is 4.39 Å². The Balaban J connectivity index is 0.000000980. The molecule has 2 nitrogen and oxygen atoms in total. The standard InChI is InChI=1S/C10H13FN2.H2/c1-13-6-10(7-13)12-9-4-2-8(11)3-5-9;/h2-5,10,12H,6-7H2,1H3;1H. The smallest absolute Gasteiger partial charge is 0.123 e. The first-order valence-corrected chi connectivity index (χ1v) is 4.45. The molecule has 1 aromatic carbocycles. The molecule has 13 heavy (non-hydrogen) atoms. The lowest BCUT2D eigenvalue weighted by atomic mass is 10.1. The molecule has 1 heterocycles. The minimum atomic E-state index is -0.184. The number of rotatable bonds is 2. The minimum Gasteiger partial charge on any atom is -0.380 e. The maximum absolute atomic E-state index is 12.5. The first-order valence-electron chi connectivity index (χ1n) is 4.45. The molecule has 1 fully saturated rings. The zero-order valence-corrected chi connectivity index (χ0v) is 7.63. The molecule has 1 N–H and O–H groups in total. The molecule has 0 unspecified atom stereocenters. The molecule has 1 aliphatic rings. The highest BCUT2D eigenvalue weighted by Gasteiger charge is 2.22. The van der Waals surface area contributed by atoms with Crippen LogP contribution < -0.4 is 5.32 Å². The Morgan fingerprint density at radius 3 is 2.54 bits per heavy atom. The fourth-order valence-electron chi connectivity index (χ4n) is 1.57. The Morgan fingerprint density at radius 1 is 1.38 bits per heavy atom. The van der Waals surface area contributed by atoms with Crippen molar-refractivity contribution in [3.05, 3.63) is 30.1 Å². The molecule has 1 aromatic rings. The third-order valence-corrected chi connectivity index (χ3v) is 2.28. The van der Waals surface area contributed by atoms with E-state index in [-0.39, 0.29) is 7.24 Å². The van der Waals surface area contributed by atoms with Gasteiger partial charge in [-0.3, -0.25) is 0 Å². The van der Waals surface area contributed by atoms with Gasteiger partial charge in [-0.25, -0.2) is 4.39 Å². The van der Waals surface area contributed by atoms with Gasteiger partial charge in [0, 0.05) is 20.2 Å². The highest BCUT2D eigenvalue weighted by atomic mass is 19.1. The molecule has 0 aromatic heterocycles. The predicted octanol–water partition coefficient (Wildman–Crippen LogP) is 1.80. The molecule has 0 bridgehead atoms. The van der Waals surface area contributed by atoms with Crippen LogP contribution >= 0.6 is 0 Å². The minimum absolute atomic E-state index is 0. The summed E-state index contributed by atoms with van der Waals surface area (Å²) in [5.74, 6) is -0.184. The van der Waals surface area contributed by atoms with Crippen molar-refractivity contribution in [2.75, 3.05) is 25.5 Å². The van der Waals surface area contributed by atoms with Crippen molar-refractivity contribution in [2.45, 2.75) is 6.04 Å². The van der Waals surface area contributed by atoms with E-state index in [1.165, 1.54) is 12.1 Å². The number of hydrogen-bond donors (Lipinski definition) is 1. The van der Waals surface area contributed by atoms with Crippen molar-refractivity contribution < 1.29 is 5.82 Å². The summed E-state index contributed by atoms with van der Waals surface area (Å²) in [6.07, 6.45) is 0. The van der Waals surface area contributed by atoms with Gasteiger partial charge in [0.05, 0.1) is 6.04 Å². The number of benzene rings is 1. The van der Waals surface area contributed by atoms with E-state index in [0.717, 1.165) is 18.8 Å². The molecule has 0 aliphatic carbocycles. The van der Waals surface area contributed by atoms with Gasteiger partial charge in [-0.2, -0.15) is 0 Å². The quantitative estimate of drug-likeness (QED) is 0.750. The molecular weight excluding hydrogens is 167 g/mol. The van der Waals surface area contributed by atoms with Crippen molar-refractivity contribution in [2.24, 2.45) is 0 Å². The molecule has 3 heteroatoms. The average molecular weight is 182 g/mol. The van der Waals surface area contributed by atoms with Gasteiger partial charge in [0.2, 0.25) is 0 Å². The molecule has 0 atom stereocenters. The highest BCUT2D eigenvalue weighted by Crippen LogP contribution is 2.14. The third-order valence-electron chi connectivity index (χ3n) is 2.28. The predicted molar refractivity (Wildman–Crippen MR) is 53.4 cm³/mol. The van der Waals surface area contributed by atoms with Gasteiger partial charge in [-0.05, 0) is 31.3 Å². The van der Waals surface area contributed by atoms with Gasteiger partial charge in [-0.15, -0.1) is 0 Å². The summed E-state index contributed by atoms with van der Waals surface area (Å²) in [4.78, 5) is 2.24. The SMILES string of the molecule is CN1CC(Nc2ccc(F)cc2)C1.[HH]. The topological polar surface area (TPSA) is 15.3 Å². The maximum atomic E-state index is 12.5. The van der Waals surface area contributed by atoms with Gasteiger partial charge in [0.25, 0.3) is 0 Å². The summed E-state index contributed by atoms with van der Waals surface area (Å²) in [6, 6.07) is 7.02. The van der Waals surface area contributed by atoms with Crippen LogP contribution in [-0.2, 0) is 0 Å². The Morgan fingerprint density at radius 2 is 2.00 bits per heavy atom. The van der Waals surface area contributed by atoms with E-state index in [1.807, 2.05) is 0 Å². The molecule has 1 saturated heterocycles. The van der Waals surface area contributed by atoms with Crippen LogP contribution in [0, 0.1) is 5.82 Å².